The molecule has 27 heavy (non-hydrogen) atoms. The van der Waals surface area contributed by atoms with Crippen LogP contribution in [0.3, 0.4) is 0 Å². The van der Waals surface area contributed by atoms with Crippen LogP contribution in [0.4, 0.5) is 18.9 Å². The summed E-state index contributed by atoms with van der Waals surface area (Å²) in [7, 11) is 0. The van der Waals surface area contributed by atoms with Crippen molar-refractivity contribution in [1.82, 2.24) is 0 Å². The fourth-order valence-corrected chi connectivity index (χ4v) is 2.74. The second kappa shape index (κ2) is 8.09. The lowest BCUT2D eigenvalue weighted by molar-refractivity contribution is -0.706. The number of amides is 1. The normalized spacial score (nSPS) is 13.2. The summed E-state index contributed by atoms with van der Waals surface area (Å²) in [6, 6.07) is 13.8. The first-order valence-electron chi connectivity index (χ1n) is 8.35. The van der Waals surface area contributed by atoms with Crippen LogP contribution in [0, 0.1) is 17.5 Å². The zero-order valence-electron chi connectivity index (χ0n) is 14.5. The highest BCUT2D eigenvalue weighted by atomic mass is 19.2. The van der Waals surface area contributed by atoms with E-state index in [-0.39, 0.29) is 6.04 Å². The summed E-state index contributed by atoms with van der Waals surface area (Å²) in [5.74, 6) is -4.26. The number of nitrogens with one attached hydrogen (secondary N) is 1. The van der Waals surface area contributed by atoms with Gasteiger partial charge in [-0.1, -0.05) is 30.3 Å². The van der Waals surface area contributed by atoms with Crippen molar-refractivity contribution in [2.45, 2.75) is 19.0 Å². The number of furan rings is 1. The maximum absolute atomic E-state index is 13.8. The van der Waals surface area contributed by atoms with Crippen molar-refractivity contribution in [1.29, 1.82) is 0 Å². The fourth-order valence-electron chi connectivity index (χ4n) is 2.74. The van der Waals surface area contributed by atoms with Gasteiger partial charge in [0.25, 0.3) is 5.91 Å². The van der Waals surface area contributed by atoms with Crippen molar-refractivity contribution in [3.05, 3.63) is 89.6 Å². The molecule has 0 aliphatic rings. The number of quaternary nitrogens is 1. The van der Waals surface area contributed by atoms with E-state index in [0.29, 0.717) is 5.76 Å². The highest BCUT2D eigenvalue weighted by Crippen LogP contribution is 2.21. The molecule has 0 fully saturated rings. The summed E-state index contributed by atoms with van der Waals surface area (Å²) < 4.78 is 45.6. The van der Waals surface area contributed by atoms with E-state index in [0.717, 1.165) is 17.7 Å². The Bertz CT molecular complexity index is 914. The van der Waals surface area contributed by atoms with Gasteiger partial charge in [0, 0.05) is 5.56 Å². The van der Waals surface area contributed by atoms with Gasteiger partial charge in [-0.15, -0.1) is 0 Å². The molecule has 0 aliphatic carbocycles. The Morgan fingerprint density at radius 2 is 1.74 bits per heavy atom. The Balaban J connectivity index is 1.77. The van der Waals surface area contributed by atoms with Crippen LogP contribution in [0.5, 0.6) is 0 Å². The quantitative estimate of drug-likeness (QED) is 0.649. The Labute approximate surface area is 154 Å². The first kappa shape index (κ1) is 18.7. The molecule has 3 N–H and O–H groups in total. The Morgan fingerprint density at radius 3 is 2.41 bits per heavy atom. The van der Waals surface area contributed by atoms with E-state index in [4.69, 9.17) is 4.42 Å². The van der Waals surface area contributed by atoms with E-state index in [1.54, 1.807) is 30.6 Å². The van der Waals surface area contributed by atoms with Gasteiger partial charge in [-0.3, -0.25) is 4.79 Å². The number of carbonyl (C=O) groups is 1. The molecular weight excluding hydrogens is 357 g/mol. The number of anilines is 1. The van der Waals surface area contributed by atoms with Crippen molar-refractivity contribution in [3.63, 3.8) is 0 Å². The Morgan fingerprint density at radius 1 is 1.00 bits per heavy atom. The standard InChI is InChI=1S/C20H17F3N2O2/c1-12(20(26)25-15-10-9-14(21)17(22)18(15)23)24-19(16-8-5-11-27-16)13-6-3-2-4-7-13/h2-12,19,24H,1H3,(H,25,26)/p+1/t12-,19-/m1/s1. The average molecular weight is 375 g/mol. The monoisotopic (exact) mass is 375 g/mol. The molecule has 0 aliphatic heterocycles. The van der Waals surface area contributed by atoms with Gasteiger partial charge in [0.2, 0.25) is 0 Å². The first-order chi connectivity index (χ1) is 13.0. The summed E-state index contributed by atoms with van der Waals surface area (Å²) in [6.07, 6.45) is 1.54. The third-order valence-corrected chi connectivity index (χ3v) is 4.20. The lowest BCUT2D eigenvalue weighted by Gasteiger charge is -2.19. The maximum Gasteiger partial charge on any atom is 0.282 e. The minimum atomic E-state index is -1.62. The van der Waals surface area contributed by atoms with Crippen LogP contribution in [-0.2, 0) is 4.79 Å². The van der Waals surface area contributed by atoms with Crippen LogP contribution in [0.15, 0.2) is 65.3 Å². The van der Waals surface area contributed by atoms with Crippen molar-refractivity contribution in [3.8, 4) is 0 Å². The number of halogens is 3. The molecule has 0 saturated heterocycles. The summed E-state index contributed by atoms with van der Waals surface area (Å²) in [5, 5.41) is 4.05. The molecule has 0 unspecified atom stereocenters. The third-order valence-electron chi connectivity index (χ3n) is 4.20. The molecule has 4 nitrogen and oxygen atoms in total. The van der Waals surface area contributed by atoms with Crippen LogP contribution >= 0.6 is 0 Å². The summed E-state index contributed by atoms with van der Waals surface area (Å²) >= 11 is 0. The maximum atomic E-state index is 13.8. The molecule has 0 spiro atoms. The first-order valence-corrected chi connectivity index (χ1v) is 8.35. The van der Waals surface area contributed by atoms with Gasteiger partial charge in [0.15, 0.2) is 35.3 Å². The van der Waals surface area contributed by atoms with Gasteiger partial charge < -0.3 is 15.1 Å². The summed E-state index contributed by atoms with van der Waals surface area (Å²) in [5.41, 5.74) is 0.513. The second-order valence-corrected chi connectivity index (χ2v) is 6.10. The summed E-state index contributed by atoms with van der Waals surface area (Å²) in [6.45, 7) is 1.63. The van der Waals surface area contributed by atoms with E-state index in [1.165, 1.54) is 0 Å². The van der Waals surface area contributed by atoms with Crippen LogP contribution in [-0.4, -0.2) is 11.9 Å². The number of hydrogen-bond donors (Lipinski definition) is 2. The molecule has 0 saturated carbocycles. The number of nitrogens with two attached hydrogens (primary N) is 1. The van der Waals surface area contributed by atoms with E-state index in [9.17, 15) is 18.0 Å². The third kappa shape index (κ3) is 4.20. The predicted octanol–water partition coefficient (Wildman–Crippen LogP) is 3.38. The SMILES string of the molecule is C[C@@H]([NH2+][C@H](c1ccccc1)c1ccco1)C(=O)Nc1ccc(F)c(F)c1F. The zero-order chi connectivity index (χ0) is 19.4. The van der Waals surface area contributed by atoms with Crippen LogP contribution in [0.2, 0.25) is 0 Å². The molecule has 0 bridgehead atoms. The van der Waals surface area contributed by atoms with Crippen molar-refractivity contribution >= 4 is 11.6 Å². The van der Waals surface area contributed by atoms with Gasteiger partial charge in [-0.25, -0.2) is 13.2 Å². The number of carbonyl (C=O) groups excluding carboxylic acids is 1. The van der Waals surface area contributed by atoms with Gasteiger partial charge in [-0.2, -0.15) is 0 Å². The molecule has 0 radical (unpaired) electrons. The highest BCUT2D eigenvalue weighted by Gasteiger charge is 2.27. The zero-order valence-corrected chi connectivity index (χ0v) is 14.5. The topological polar surface area (TPSA) is 58.9 Å². The fraction of sp³-hybridized carbons (Fsp3) is 0.150. The van der Waals surface area contributed by atoms with Gasteiger partial charge in [0.05, 0.1) is 12.0 Å². The van der Waals surface area contributed by atoms with Crippen molar-refractivity contribution < 1.29 is 27.7 Å². The summed E-state index contributed by atoms with van der Waals surface area (Å²) in [4.78, 5) is 12.4. The number of benzene rings is 2. The van der Waals surface area contributed by atoms with Crippen LogP contribution in [0.25, 0.3) is 0 Å². The number of hydrogen-bond acceptors (Lipinski definition) is 2. The molecule has 1 heterocycles. The minimum Gasteiger partial charge on any atom is -0.463 e. The van der Waals surface area contributed by atoms with Gasteiger partial charge in [-0.05, 0) is 31.2 Å². The Hall–Kier alpha value is -3.06. The lowest BCUT2D eigenvalue weighted by Crippen LogP contribution is -2.92. The smallest absolute Gasteiger partial charge is 0.282 e. The molecule has 140 valence electrons. The van der Waals surface area contributed by atoms with Crippen molar-refractivity contribution in [2.75, 3.05) is 5.32 Å². The van der Waals surface area contributed by atoms with Crippen molar-refractivity contribution in [2.24, 2.45) is 0 Å². The molecule has 1 aromatic heterocycles. The molecule has 1 amide bonds. The largest absolute Gasteiger partial charge is 0.463 e. The van der Waals surface area contributed by atoms with Gasteiger partial charge >= 0.3 is 0 Å². The molecule has 3 rings (SSSR count). The molecule has 7 heteroatoms. The second-order valence-electron chi connectivity index (χ2n) is 6.10. The molecule has 2 atom stereocenters. The van der Waals surface area contributed by atoms with Crippen LogP contribution < -0.4 is 10.6 Å². The molecule has 3 aromatic rings. The van der Waals surface area contributed by atoms with Crippen LogP contribution in [0.1, 0.15) is 24.3 Å². The predicted molar refractivity (Wildman–Crippen MR) is 93.3 cm³/mol. The van der Waals surface area contributed by atoms with Gasteiger partial charge in [0.1, 0.15) is 0 Å². The highest BCUT2D eigenvalue weighted by molar-refractivity contribution is 5.93. The van der Waals surface area contributed by atoms with E-state index in [2.05, 4.69) is 5.32 Å². The van der Waals surface area contributed by atoms with E-state index in [1.807, 2.05) is 30.3 Å². The minimum absolute atomic E-state index is 0.295. The van der Waals surface area contributed by atoms with E-state index < -0.39 is 35.1 Å². The molecule has 2 aromatic carbocycles. The Kier molecular flexibility index (Phi) is 5.61. The number of rotatable bonds is 6. The van der Waals surface area contributed by atoms with E-state index >= 15 is 0 Å². The lowest BCUT2D eigenvalue weighted by atomic mass is 10.0. The average Bonchev–Trinajstić information content (AvgIpc) is 3.21. The molecular formula is C20H18F3N2O2+.